The lowest BCUT2D eigenvalue weighted by atomic mass is 9.88. The Morgan fingerprint density at radius 1 is 1.00 bits per heavy atom. The summed E-state index contributed by atoms with van der Waals surface area (Å²) < 4.78 is 0. The molecular weight excluding hydrogens is 421 g/mol. The molecule has 160 valence electrons. The molecule has 0 saturated heterocycles. The monoisotopic (exact) mass is 447 g/mol. The van der Waals surface area contributed by atoms with Gasteiger partial charge in [-0.05, 0) is 49.6 Å². The first-order chi connectivity index (χ1) is 14.5. The van der Waals surface area contributed by atoms with Crippen molar-refractivity contribution in [1.29, 1.82) is 0 Å². The number of para-hydroxylation sites is 1. The lowest BCUT2D eigenvalue weighted by Gasteiger charge is -2.29. The number of anilines is 2. The minimum absolute atomic E-state index is 0.0993. The van der Waals surface area contributed by atoms with Crippen molar-refractivity contribution in [2.24, 2.45) is 5.92 Å². The molecule has 30 heavy (non-hydrogen) atoms. The molecule has 2 aromatic carbocycles. The number of amides is 3. The third-order valence-electron chi connectivity index (χ3n) is 5.31. The summed E-state index contributed by atoms with van der Waals surface area (Å²) in [5, 5.41) is 6.42. The molecule has 1 saturated carbocycles. The van der Waals surface area contributed by atoms with E-state index in [4.69, 9.17) is 23.2 Å². The molecule has 0 spiro atoms. The van der Waals surface area contributed by atoms with Crippen molar-refractivity contribution in [2.75, 3.05) is 23.3 Å². The lowest BCUT2D eigenvalue weighted by molar-refractivity contribution is -0.123. The Labute approximate surface area is 187 Å². The normalized spacial score (nSPS) is 14.2. The maximum absolute atomic E-state index is 13.1. The Morgan fingerprint density at radius 3 is 2.43 bits per heavy atom. The maximum Gasteiger partial charge on any atom is 0.319 e. The number of carbonyl (C=O) groups is 2. The summed E-state index contributed by atoms with van der Waals surface area (Å²) in [5.74, 6) is 0.292. The SMILES string of the molecule is O=C(NCCCN(C(=O)C1CCCCC1)c1ccccc1)Nc1ccc(Cl)cc1Cl. The van der Waals surface area contributed by atoms with Crippen LogP contribution in [0.5, 0.6) is 0 Å². The summed E-state index contributed by atoms with van der Waals surface area (Å²) in [6.07, 6.45) is 6.03. The summed E-state index contributed by atoms with van der Waals surface area (Å²) in [4.78, 5) is 27.2. The smallest absolute Gasteiger partial charge is 0.319 e. The summed E-state index contributed by atoms with van der Waals surface area (Å²) >= 11 is 12.0. The van der Waals surface area contributed by atoms with E-state index >= 15 is 0 Å². The second-order valence-corrected chi connectivity index (χ2v) is 8.36. The third kappa shape index (κ3) is 6.38. The molecule has 1 aliphatic carbocycles. The topological polar surface area (TPSA) is 61.4 Å². The number of hydrogen-bond acceptors (Lipinski definition) is 2. The van der Waals surface area contributed by atoms with Gasteiger partial charge in [-0.2, -0.15) is 0 Å². The van der Waals surface area contributed by atoms with Gasteiger partial charge in [-0.15, -0.1) is 0 Å². The van der Waals surface area contributed by atoms with E-state index in [1.54, 1.807) is 18.2 Å². The van der Waals surface area contributed by atoms with Crippen molar-refractivity contribution in [2.45, 2.75) is 38.5 Å². The van der Waals surface area contributed by atoms with Crippen molar-refractivity contribution >= 4 is 46.5 Å². The standard InChI is InChI=1S/C23H27Cl2N3O2/c24-18-12-13-21(20(25)16-18)27-23(30)26-14-7-15-28(19-10-5-2-6-11-19)22(29)17-8-3-1-4-9-17/h2,5-6,10-13,16-17H,1,3-4,7-9,14-15H2,(H2,26,27,30). The predicted molar refractivity (Wildman–Crippen MR) is 123 cm³/mol. The van der Waals surface area contributed by atoms with Crippen LogP contribution in [0.3, 0.4) is 0 Å². The van der Waals surface area contributed by atoms with Gasteiger partial charge in [0.05, 0.1) is 10.7 Å². The lowest BCUT2D eigenvalue weighted by Crippen LogP contribution is -2.39. The summed E-state index contributed by atoms with van der Waals surface area (Å²) in [7, 11) is 0. The van der Waals surface area contributed by atoms with Crippen molar-refractivity contribution in [3.05, 3.63) is 58.6 Å². The predicted octanol–water partition coefficient (Wildman–Crippen LogP) is 6.12. The van der Waals surface area contributed by atoms with Crippen molar-refractivity contribution in [1.82, 2.24) is 5.32 Å². The van der Waals surface area contributed by atoms with Crippen LogP contribution in [-0.2, 0) is 4.79 Å². The largest absolute Gasteiger partial charge is 0.338 e. The first-order valence-corrected chi connectivity index (χ1v) is 11.2. The molecule has 0 heterocycles. The van der Waals surface area contributed by atoms with Crippen LogP contribution >= 0.6 is 23.2 Å². The molecule has 7 heteroatoms. The Morgan fingerprint density at radius 2 is 1.73 bits per heavy atom. The summed E-state index contributed by atoms with van der Waals surface area (Å²) in [5.41, 5.74) is 1.41. The van der Waals surface area contributed by atoms with E-state index in [1.165, 1.54) is 6.42 Å². The van der Waals surface area contributed by atoms with E-state index in [9.17, 15) is 9.59 Å². The average molecular weight is 448 g/mol. The van der Waals surface area contributed by atoms with Gasteiger partial charge < -0.3 is 15.5 Å². The first-order valence-electron chi connectivity index (χ1n) is 10.4. The van der Waals surface area contributed by atoms with Gasteiger partial charge in [0.15, 0.2) is 0 Å². The highest BCUT2D eigenvalue weighted by Crippen LogP contribution is 2.28. The van der Waals surface area contributed by atoms with Gasteiger partial charge in [-0.25, -0.2) is 4.79 Å². The molecule has 3 amide bonds. The summed E-state index contributed by atoms with van der Waals surface area (Å²) in [6, 6.07) is 14.3. The first kappa shape index (κ1) is 22.4. The third-order valence-corrected chi connectivity index (χ3v) is 5.86. The molecule has 2 aromatic rings. The van der Waals surface area contributed by atoms with E-state index in [2.05, 4.69) is 10.6 Å². The fourth-order valence-corrected chi connectivity index (χ4v) is 4.20. The van der Waals surface area contributed by atoms with E-state index in [0.717, 1.165) is 31.4 Å². The Balaban J connectivity index is 1.52. The number of nitrogens with zero attached hydrogens (tertiary/aromatic N) is 1. The van der Waals surface area contributed by atoms with Crippen LogP contribution in [0.2, 0.25) is 10.0 Å². The fraction of sp³-hybridized carbons (Fsp3) is 0.391. The molecule has 1 aliphatic rings. The second-order valence-electron chi connectivity index (χ2n) is 7.52. The minimum Gasteiger partial charge on any atom is -0.338 e. The number of carbonyl (C=O) groups excluding carboxylic acids is 2. The quantitative estimate of drug-likeness (QED) is 0.502. The van der Waals surface area contributed by atoms with Crippen LogP contribution in [0.4, 0.5) is 16.2 Å². The van der Waals surface area contributed by atoms with Crippen LogP contribution in [0.25, 0.3) is 0 Å². The molecule has 0 aliphatic heterocycles. The number of hydrogen-bond donors (Lipinski definition) is 2. The van der Waals surface area contributed by atoms with Crippen LogP contribution in [-0.4, -0.2) is 25.0 Å². The number of halogens is 2. The zero-order chi connectivity index (χ0) is 21.3. The molecule has 5 nitrogen and oxygen atoms in total. The van der Waals surface area contributed by atoms with Gasteiger partial charge >= 0.3 is 6.03 Å². The van der Waals surface area contributed by atoms with Gasteiger partial charge in [0, 0.05) is 29.7 Å². The molecule has 0 bridgehead atoms. The molecule has 2 N–H and O–H groups in total. The van der Waals surface area contributed by atoms with Gasteiger partial charge in [0.2, 0.25) is 5.91 Å². The molecule has 0 radical (unpaired) electrons. The highest BCUT2D eigenvalue weighted by atomic mass is 35.5. The Hall–Kier alpha value is -2.24. The second kappa shape index (κ2) is 11.2. The highest BCUT2D eigenvalue weighted by molar-refractivity contribution is 6.36. The molecule has 0 atom stereocenters. The zero-order valence-corrected chi connectivity index (χ0v) is 18.4. The van der Waals surface area contributed by atoms with Gasteiger partial charge in [-0.1, -0.05) is 60.7 Å². The van der Waals surface area contributed by atoms with Crippen molar-refractivity contribution in [3.8, 4) is 0 Å². The van der Waals surface area contributed by atoms with E-state index in [1.807, 2.05) is 35.2 Å². The molecular formula is C23H27Cl2N3O2. The minimum atomic E-state index is -0.343. The zero-order valence-electron chi connectivity index (χ0n) is 16.9. The number of rotatable bonds is 7. The molecule has 0 unspecified atom stereocenters. The van der Waals surface area contributed by atoms with Crippen LogP contribution in [0.15, 0.2) is 48.5 Å². The van der Waals surface area contributed by atoms with Gasteiger partial charge in [0.1, 0.15) is 0 Å². The molecule has 3 rings (SSSR count). The van der Waals surface area contributed by atoms with Crippen LogP contribution in [0.1, 0.15) is 38.5 Å². The fourth-order valence-electron chi connectivity index (χ4n) is 3.74. The Bertz CT molecular complexity index is 855. The number of urea groups is 1. The van der Waals surface area contributed by atoms with E-state index in [0.29, 0.717) is 35.2 Å². The average Bonchev–Trinajstić information content (AvgIpc) is 2.76. The van der Waals surface area contributed by atoms with Gasteiger partial charge in [-0.3, -0.25) is 4.79 Å². The van der Waals surface area contributed by atoms with Crippen LogP contribution < -0.4 is 15.5 Å². The summed E-state index contributed by atoms with van der Waals surface area (Å²) in [6.45, 7) is 1.000. The number of benzene rings is 2. The van der Waals surface area contributed by atoms with Crippen molar-refractivity contribution in [3.63, 3.8) is 0 Å². The van der Waals surface area contributed by atoms with Crippen molar-refractivity contribution < 1.29 is 9.59 Å². The highest BCUT2D eigenvalue weighted by Gasteiger charge is 2.26. The number of nitrogens with one attached hydrogen (secondary N) is 2. The maximum atomic E-state index is 13.1. The Kier molecular flexibility index (Phi) is 8.40. The molecule has 1 fully saturated rings. The molecule has 0 aromatic heterocycles. The van der Waals surface area contributed by atoms with E-state index < -0.39 is 0 Å². The van der Waals surface area contributed by atoms with E-state index in [-0.39, 0.29) is 17.9 Å². The van der Waals surface area contributed by atoms with Gasteiger partial charge in [0.25, 0.3) is 0 Å². The van der Waals surface area contributed by atoms with Crippen LogP contribution in [0, 0.1) is 5.92 Å².